The Labute approximate surface area is 124 Å². The van der Waals surface area contributed by atoms with Gasteiger partial charge in [-0.25, -0.2) is 4.98 Å². The molecule has 0 saturated carbocycles. The zero-order chi connectivity index (χ0) is 15.0. The number of thioether (sulfide) groups is 1. The first kappa shape index (κ1) is 16.8. The van der Waals surface area contributed by atoms with E-state index in [1.807, 2.05) is 6.26 Å². The largest absolute Gasteiger partial charge is 0.491 e. The highest BCUT2D eigenvalue weighted by Crippen LogP contribution is 2.28. The average Bonchev–Trinajstić information content (AvgIpc) is 2.43. The SMILES string of the molecule is CCCC[C@](O)(CCSC)Nc1nc(N)ncc1OC. The number of aliphatic hydroxyl groups is 1. The third kappa shape index (κ3) is 5.05. The number of hydrogen-bond acceptors (Lipinski definition) is 7. The van der Waals surface area contributed by atoms with Gasteiger partial charge < -0.3 is 20.9 Å². The molecule has 0 amide bonds. The molecule has 0 radical (unpaired) electrons. The molecule has 1 atom stereocenters. The zero-order valence-corrected chi connectivity index (χ0v) is 13.2. The summed E-state index contributed by atoms with van der Waals surface area (Å²) in [5.74, 6) is 1.91. The van der Waals surface area contributed by atoms with Crippen LogP contribution in [0.2, 0.25) is 0 Å². The van der Waals surface area contributed by atoms with Crippen LogP contribution in [0.4, 0.5) is 11.8 Å². The minimum atomic E-state index is -1.01. The topological polar surface area (TPSA) is 93.3 Å². The van der Waals surface area contributed by atoms with Crippen molar-refractivity contribution in [1.29, 1.82) is 0 Å². The van der Waals surface area contributed by atoms with Crippen molar-refractivity contribution in [3.63, 3.8) is 0 Å². The first-order chi connectivity index (χ1) is 9.54. The summed E-state index contributed by atoms with van der Waals surface area (Å²) in [7, 11) is 1.53. The van der Waals surface area contributed by atoms with Crippen LogP contribution < -0.4 is 15.8 Å². The van der Waals surface area contributed by atoms with Gasteiger partial charge >= 0.3 is 0 Å². The molecule has 0 unspecified atom stereocenters. The Morgan fingerprint density at radius 3 is 2.85 bits per heavy atom. The maximum absolute atomic E-state index is 10.8. The Bertz CT molecular complexity index is 409. The molecule has 20 heavy (non-hydrogen) atoms. The average molecular weight is 300 g/mol. The third-order valence-corrected chi connectivity index (χ3v) is 3.62. The number of rotatable bonds is 9. The fourth-order valence-corrected chi connectivity index (χ4v) is 2.38. The van der Waals surface area contributed by atoms with Gasteiger partial charge in [-0.05, 0) is 24.9 Å². The smallest absolute Gasteiger partial charge is 0.222 e. The number of methoxy groups -OCH3 is 1. The number of nitrogens with zero attached hydrogens (tertiary/aromatic N) is 2. The maximum atomic E-state index is 10.8. The molecule has 0 aliphatic rings. The number of hydrogen-bond donors (Lipinski definition) is 3. The van der Waals surface area contributed by atoms with Crippen LogP contribution in [0.1, 0.15) is 32.6 Å². The van der Waals surface area contributed by atoms with Crippen molar-refractivity contribution in [2.45, 2.75) is 38.3 Å². The van der Waals surface area contributed by atoms with Crippen LogP contribution in [-0.2, 0) is 0 Å². The number of ether oxygens (including phenoxy) is 1. The van der Waals surface area contributed by atoms with Crippen LogP contribution in [0.15, 0.2) is 6.20 Å². The summed E-state index contributed by atoms with van der Waals surface area (Å²) >= 11 is 1.70. The lowest BCUT2D eigenvalue weighted by Gasteiger charge is -2.30. The van der Waals surface area contributed by atoms with Crippen molar-refractivity contribution in [1.82, 2.24) is 9.97 Å². The Kier molecular flexibility index (Phi) is 6.87. The second kappa shape index (κ2) is 8.16. The van der Waals surface area contributed by atoms with Gasteiger partial charge in [-0.15, -0.1) is 0 Å². The van der Waals surface area contributed by atoms with E-state index in [4.69, 9.17) is 10.5 Å². The molecule has 0 spiro atoms. The number of nitrogen functional groups attached to an aromatic ring is 1. The van der Waals surface area contributed by atoms with E-state index < -0.39 is 5.72 Å². The lowest BCUT2D eigenvalue weighted by molar-refractivity contribution is 0.0548. The van der Waals surface area contributed by atoms with E-state index in [9.17, 15) is 5.11 Å². The van der Waals surface area contributed by atoms with Gasteiger partial charge in [0.1, 0.15) is 5.72 Å². The molecule has 7 heteroatoms. The lowest BCUT2D eigenvalue weighted by atomic mass is 10.0. The van der Waals surface area contributed by atoms with E-state index in [0.717, 1.165) is 18.6 Å². The fraction of sp³-hybridized carbons (Fsp3) is 0.692. The van der Waals surface area contributed by atoms with Crippen molar-refractivity contribution >= 4 is 23.5 Å². The van der Waals surface area contributed by atoms with Gasteiger partial charge in [0.05, 0.1) is 13.3 Å². The van der Waals surface area contributed by atoms with E-state index in [0.29, 0.717) is 24.4 Å². The van der Waals surface area contributed by atoms with E-state index in [1.165, 1.54) is 13.3 Å². The molecule has 0 aliphatic heterocycles. The monoisotopic (exact) mass is 300 g/mol. The predicted octanol–water partition coefficient (Wildman–Crippen LogP) is 2.11. The van der Waals surface area contributed by atoms with Crippen molar-refractivity contribution in [2.24, 2.45) is 0 Å². The van der Waals surface area contributed by atoms with Crippen molar-refractivity contribution in [3.8, 4) is 5.75 Å². The van der Waals surface area contributed by atoms with E-state index in [1.54, 1.807) is 11.8 Å². The Morgan fingerprint density at radius 2 is 2.25 bits per heavy atom. The molecule has 0 fully saturated rings. The van der Waals surface area contributed by atoms with Gasteiger partial charge in [0.2, 0.25) is 5.95 Å². The van der Waals surface area contributed by atoms with Gasteiger partial charge in [0, 0.05) is 6.42 Å². The van der Waals surface area contributed by atoms with Crippen LogP contribution >= 0.6 is 11.8 Å². The number of anilines is 2. The molecule has 1 heterocycles. The van der Waals surface area contributed by atoms with E-state index in [-0.39, 0.29) is 5.95 Å². The molecular weight excluding hydrogens is 276 g/mol. The normalized spacial score (nSPS) is 13.8. The van der Waals surface area contributed by atoms with Gasteiger partial charge in [-0.3, -0.25) is 0 Å². The first-order valence-electron chi connectivity index (χ1n) is 6.70. The molecule has 0 bridgehead atoms. The number of nitrogens with one attached hydrogen (secondary N) is 1. The molecule has 114 valence electrons. The summed E-state index contributed by atoms with van der Waals surface area (Å²) in [6.45, 7) is 2.10. The molecule has 0 aliphatic carbocycles. The minimum absolute atomic E-state index is 0.149. The lowest BCUT2D eigenvalue weighted by Crippen LogP contribution is -2.39. The Hall–Kier alpha value is -1.21. The molecule has 0 saturated heterocycles. The van der Waals surface area contributed by atoms with Crippen LogP contribution in [0.25, 0.3) is 0 Å². The second-order valence-corrected chi connectivity index (χ2v) is 5.63. The number of aromatic nitrogens is 2. The minimum Gasteiger partial charge on any atom is -0.491 e. The molecule has 6 nitrogen and oxygen atoms in total. The van der Waals surface area contributed by atoms with Crippen LogP contribution in [0, 0.1) is 0 Å². The van der Waals surface area contributed by atoms with E-state index in [2.05, 4.69) is 22.2 Å². The Morgan fingerprint density at radius 1 is 1.50 bits per heavy atom. The van der Waals surface area contributed by atoms with Crippen molar-refractivity contribution in [3.05, 3.63) is 6.20 Å². The maximum Gasteiger partial charge on any atom is 0.222 e. The summed E-state index contributed by atoms with van der Waals surface area (Å²) in [5, 5.41) is 13.8. The Balaban J connectivity index is 2.90. The van der Waals surface area contributed by atoms with Gasteiger partial charge in [-0.2, -0.15) is 16.7 Å². The zero-order valence-electron chi connectivity index (χ0n) is 12.3. The van der Waals surface area contributed by atoms with Crippen LogP contribution in [0.5, 0.6) is 5.75 Å². The summed E-state index contributed by atoms with van der Waals surface area (Å²) in [4.78, 5) is 7.99. The summed E-state index contributed by atoms with van der Waals surface area (Å²) in [5.41, 5.74) is 4.59. The molecular formula is C13H24N4O2S. The van der Waals surface area contributed by atoms with Gasteiger partial charge in [0.15, 0.2) is 11.6 Å². The first-order valence-corrected chi connectivity index (χ1v) is 8.10. The second-order valence-electron chi connectivity index (χ2n) is 4.65. The standard InChI is InChI=1S/C13H24N4O2S/c1-4-5-6-13(18,7-8-20-3)17-11-10(19-2)9-15-12(14)16-11/h9,18H,4-8H2,1-3H3,(H3,14,15,16,17)/t13-/m0/s1. The van der Waals surface area contributed by atoms with Gasteiger partial charge in [0.25, 0.3) is 0 Å². The highest BCUT2D eigenvalue weighted by Gasteiger charge is 2.27. The number of unbranched alkanes of at least 4 members (excludes halogenated alkanes) is 1. The van der Waals surface area contributed by atoms with Gasteiger partial charge in [-0.1, -0.05) is 13.3 Å². The van der Waals surface area contributed by atoms with Crippen molar-refractivity contribution in [2.75, 3.05) is 30.2 Å². The number of nitrogens with two attached hydrogens (primary N) is 1. The highest BCUT2D eigenvalue weighted by atomic mass is 32.2. The summed E-state index contributed by atoms with van der Waals surface area (Å²) in [6, 6.07) is 0. The highest BCUT2D eigenvalue weighted by molar-refractivity contribution is 7.98. The fourth-order valence-electron chi connectivity index (χ4n) is 1.83. The molecule has 0 aromatic carbocycles. The molecule has 1 aromatic rings. The molecule has 1 rings (SSSR count). The molecule has 1 aromatic heterocycles. The summed E-state index contributed by atoms with van der Waals surface area (Å²) in [6.07, 6.45) is 6.74. The van der Waals surface area contributed by atoms with E-state index >= 15 is 0 Å². The van der Waals surface area contributed by atoms with Crippen LogP contribution in [-0.4, -0.2) is 39.9 Å². The van der Waals surface area contributed by atoms with Crippen LogP contribution in [0.3, 0.4) is 0 Å². The van der Waals surface area contributed by atoms with Crippen molar-refractivity contribution < 1.29 is 9.84 Å². The quantitative estimate of drug-likeness (QED) is 0.601. The third-order valence-electron chi connectivity index (χ3n) is 3.01. The predicted molar refractivity (Wildman–Crippen MR) is 84.1 cm³/mol. The summed E-state index contributed by atoms with van der Waals surface area (Å²) < 4.78 is 5.20. The molecule has 4 N–H and O–H groups in total.